The van der Waals surface area contributed by atoms with Crippen molar-refractivity contribution in [3.05, 3.63) is 27.7 Å². The first-order valence-electron chi connectivity index (χ1n) is 4.90. The number of carbonyl (C=O) groups is 1. The highest BCUT2D eigenvalue weighted by molar-refractivity contribution is 6.44. The Kier molecular flexibility index (Phi) is 4.89. The highest BCUT2D eigenvalue weighted by Gasteiger charge is 2.38. The summed E-state index contributed by atoms with van der Waals surface area (Å²) >= 11 is 11.4. The third kappa shape index (κ3) is 4.15. The van der Waals surface area contributed by atoms with E-state index in [1.165, 1.54) is 12.1 Å². The van der Waals surface area contributed by atoms with Crippen molar-refractivity contribution < 1.29 is 23.1 Å². The van der Waals surface area contributed by atoms with Crippen LogP contribution < -0.4 is 11.1 Å². The first kappa shape index (κ1) is 15.9. The second-order valence-electron chi connectivity index (χ2n) is 3.63. The number of hydrogen-bond donors (Lipinski definition) is 3. The molecule has 0 radical (unpaired) electrons. The average molecular weight is 317 g/mol. The zero-order chi connectivity index (χ0) is 14.8. The Labute approximate surface area is 116 Å². The Morgan fingerprint density at radius 3 is 2.53 bits per heavy atom. The standard InChI is InChI=1S/C10H9Cl2F3N2O2/c11-6-2-4(16)1-5(8(6)12)9(19)17-3-7(18)10(13,14)15/h1-2,7,18H,3,16H2,(H,17,19). The van der Waals surface area contributed by atoms with Gasteiger partial charge in [-0.1, -0.05) is 23.2 Å². The molecule has 1 aromatic carbocycles. The molecule has 106 valence electrons. The highest BCUT2D eigenvalue weighted by atomic mass is 35.5. The van der Waals surface area contributed by atoms with E-state index in [1.54, 1.807) is 0 Å². The zero-order valence-corrected chi connectivity index (χ0v) is 10.8. The number of nitrogens with two attached hydrogens (primary N) is 1. The lowest BCUT2D eigenvalue weighted by Gasteiger charge is -2.15. The quantitative estimate of drug-likeness (QED) is 0.748. The van der Waals surface area contributed by atoms with E-state index in [0.717, 1.165) is 0 Å². The van der Waals surface area contributed by atoms with Crippen LogP contribution in [-0.2, 0) is 0 Å². The normalized spacial score (nSPS) is 13.2. The maximum Gasteiger partial charge on any atom is 0.416 e. The van der Waals surface area contributed by atoms with Crippen LogP contribution in [0.5, 0.6) is 0 Å². The number of nitrogens with one attached hydrogen (secondary N) is 1. The van der Waals surface area contributed by atoms with E-state index in [9.17, 15) is 18.0 Å². The van der Waals surface area contributed by atoms with Crippen molar-refractivity contribution in [2.75, 3.05) is 12.3 Å². The maximum atomic E-state index is 12.0. The van der Waals surface area contributed by atoms with Gasteiger partial charge in [0.05, 0.1) is 22.2 Å². The molecule has 0 aliphatic heterocycles. The van der Waals surface area contributed by atoms with Crippen molar-refractivity contribution in [3.8, 4) is 0 Å². The number of alkyl halides is 3. The van der Waals surface area contributed by atoms with Crippen molar-refractivity contribution in [1.29, 1.82) is 0 Å². The SMILES string of the molecule is Nc1cc(Cl)c(Cl)c(C(=O)NCC(O)C(F)(F)F)c1. The molecular formula is C10H9Cl2F3N2O2. The maximum absolute atomic E-state index is 12.0. The number of aliphatic hydroxyl groups excluding tert-OH is 1. The molecule has 1 unspecified atom stereocenters. The molecule has 1 rings (SSSR count). The molecule has 0 aliphatic carbocycles. The fraction of sp³-hybridized carbons (Fsp3) is 0.300. The third-order valence-corrected chi connectivity index (χ3v) is 2.93. The van der Waals surface area contributed by atoms with Crippen LogP contribution in [0.4, 0.5) is 18.9 Å². The van der Waals surface area contributed by atoms with Gasteiger partial charge in [0.1, 0.15) is 0 Å². The van der Waals surface area contributed by atoms with Crippen LogP contribution in [0.3, 0.4) is 0 Å². The van der Waals surface area contributed by atoms with E-state index in [0.29, 0.717) is 0 Å². The van der Waals surface area contributed by atoms with Gasteiger partial charge < -0.3 is 16.2 Å². The van der Waals surface area contributed by atoms with Crippen LogP contribution in [0, 0.1) is 0 Å². The minimum Gasteiger partial charge on any atom is -0.399 e. The molecule has 9 heteroatoms. The monoisotopic (exact) mass is 316 g/mol. The Morgan fingerprint density at radius 2 is 2.00 bits per heavy atom. The summed E-state index contributed by atoms with van der Waals surface area (Å²) in [5.41, 5.74) is 5.41. The topological polar surface area (TPSA) is 75.4 Å². The molecule has 0 saturated heterocycles. The van der Waals surface area contributed by atoms with Crippen molar-refractivity contribution >= 4 is 34.8 Å². The molecule has 0 bridgehead atoms. The van der Waals surface area contributed by atoms with Gasteiger partial charge in [0.15, 0.2) is 6.10 Å². The fourth-order valence-corrected chi connectivity index (χ4v) is 1.60. The highest BCUT2D eigenvalue weighted by Crippen LogP contribution is 2.28. The third-order valence-electron chi connectivity index (χ3n) is 2.13. The van der Waals surface area contributed by atoms with E-state index in [-0.39, 0.29) is 21.3 Å². The van der Waals surface area contributed by atoms with E-state index in [2.05, 4.69) is 0 Å². The lowest BCUT2D eigenvalue weighted by molar-refractivity contribution is -0.201. The van der Waals surface area contributed by atoms with Crippen LogP contribution >= 0.6 is 23.2 Å². The van der Waals surface area contributed by atoms with Crippen LogP contribution in [0.1, 0.15) is 10.4 Å². The molecule has 0 spiro atoms. The van der Waals surface area contributed by atoms with Crippen molar-refractivity contribution in [3.63, 3.8) is 0 Å². The van der Waals surface area contributed by atoms with E-state index >= 15 is 0 Å². The van der Waals surface area contributed by atoms with Crippen molar-refractivity contribution in [2.45, 2.75) is 12.3 Å². The molecule has 0 heterocycles. The van der Waals surface area contributed by atoms with Gasteiger partial charge >= 0.3 is 6.18 Å². The van der Waals surface area contributed by atoms with Crippen molar-refractivity contribution in [1.82, 2.24) is 5.32 Å². The molecule has 1 atom stereocenters. The van der Waals surface area contributed by atoms with Crippen molar-refractivity contribution in [2.24, 2.45) is 0 Å². The Hall–Kier alpha value is -1.18. The van der Waals surface area contributed by atoms with Crippen LogP contribution in [0.2, 0.25) is 10.0 Å². The Balaban J connectivity index is 2.80. The number of nitrogen functional groups attached to an aromatic ring is 1. The molecule has 0 fully saturated rings. The summed E-state index contributed by atoms with van der Waals surface area (Å²) in [6, 6.07) is 2.47. The van der Waals surface area contributed by atoms with Gasteiger partial charge in [0, 0.05) is 5.69 Å². The molecule has 19 heavy (non-hydrogen) atoms. The van der Waals surface area contributed by atoms with E-state index in [4.69, 9.17) is 34.0 Å². The molecule has 4 nitrogen and oxygen atoms in total. The Morgan fingerprint density at radius 1 is 1.42 bits per heavy atom. The second kappa shape index (κ2) is 5.85. The largest absolute Gasteiger partial charge is 0.416 e. The first-order chi connectivity index (χ1) is 8.62. The number of hydrogen-bond acceptors (Lipinski definition) is 3. The summed E-state index contributed by atoms with van der Waals surface area (Å²) in [6.45, 7) is -0.995. The van der Waals surface area contributed by atoms with Gasteiger partial charge in [0.2, 0.25) is 0 Å². The number of benzene rings is 1. The first-order valence-corrected chi connectivity index (χ1v) is 5.66. The summed E-state index contributed by atoms with van der Waals surface area (Å²) < 4.78 is 36.1. The molecule has 1 aromatic rings. The number of amides is 1. The van der Waals surface area contributed by atoms with Gasteiger partial charge in [-0.05, 0) is 12.1 Å². The Bertz CT molecular complexity index is 494. The minimum absolute atomic E-state index is 0.00295. The number of halogens is 5. The molecular weight excluding hydrogens is 308 g/mol. The smallest absolute Gasteiger partial charge is 0.399 e. The lowest BCUT2D eigenvalue weighted by atomic mass is 10.2. The zero-order valence-electron chi connectivity index (χ0n) is 9.26. The summed E-state index contributed by atoms with van der Waals surface area (Å²) in [4.78, 5) is 11.6. The van der Waals surface area contributed by atoms with Gasteiger partial charge in [0.25, 0.3) is 5.91 Å². The average Bonchev–Trinajstić information content (AvgIpc) is 2.28. The fourth-order valence-electron chi connectivity index (χ4n) is 1.18. The predicted molar refractivity (Wildman–Crippen MR) is 65.3 cm³/mol. The molecule has 0 aromatic heterocycles. The van der Waals surface area contributed by atoms with E-state index < -0.39 is 24.7 Å². The number of rotatable bonds is 3. The number of aliphatic hydroxyl groups is 1. The molecule has 0 aliphatic rings. The summed E-state index contributed by atoms with van der Waals surface area (Å²) in [6.07, 6.45) is -7.48. The second-order valence-corrected chi connectivity index (χ2v) is 4.42. The van der Waals surface area contributed by atoms with Gasteiger partial charge in [-0.15, -0.1) is 0 Å². The summed E-state index contributed by atoms with van der Waals surface area (Å²) in [5, 5.41) is 10.5. The summed E-state index contributed by atoms with van der Waals surface area (Å²) in [7, 11) is 0. The number of carbonyl (C=O) groups excluding carboxylic acids is 1. The molecule has 4 N–H and O–H groups in total. The van der Waals surface area contributed by atoms with Gasteiger partial charge in [-0.3, -0.25) is 4.79 Å². The molecule has 0 saturated carbocycles. The van der Waals surface area contributed by atoms with Gasteiger partial charge in [-0.2, -0.15) is 13.2 Å². The molecule has 1 amide bonds. The van der Waals surface area contributed by atoms with Crippen LogP contribution in [0.25, 0.3) is 0 Å². The number of anilines is 1. The van der Waals surface area contributed by atoms with Gasteiger partial charge in [-0.25, -0.2) is 0 Å². The minimum atomic E-state index is -4.82. The summed E-state index contributed by atoms with van der Waals surface area (Å²) in [5.74, 6) is -0.914. The lowest BCUT2D eigenvalue weighted by Crippen LogP contribution is -2.40. The van der Waals surface area contributed by atoms with E-state index in [1.807, 2.05) is 5.32 Å². The van der Waals surface area contributed by atoms with Crippen LogP contribution in [0.15, 0.2) is 12.1 Å². The van der Waals surface area contributed by atoms with Crippen LogP contribution in [-0.4, -0.2) is 29.8 Å². The predicted octanol–water partition coefficient (Wildman–Crippen LogP) is 2.23.